The van der Waals surface area contributed by atoms with Gasteiger partial charge in [-0.15, -0.1) is 0 Å². The maximum absolute atomic E-state index is 12.5. The maximum atomic E-state index is 12.5. The average Bonchev–Trinajstić information content (AvgIpc) is 2.79. The third-order valence-corrected chi connectivity index (χ3v) is 8.43. The van der Waals surface area contributed by atoms with Gasteiger partial charge in [0.05, 0.1) is 6.42 Å². The van der Waals surface area contributed by atoms with Gasteiger partial charge in [0.2, 0.25) is 5.60 Å². The molecule has 3 aliphatic carbocycles. The Balaban J connectivity index is 2.11. The van der Waals surface area contributed by atoms with E-state index in [1.807, 2.05) is 20.8 Å². The Morgan fingerprint density at radius 2 is 1.77 bits per heavy atom. The first-order valence-corrected chi connectivity index (χ1v) is 9.61. The topological polar surface area (TPSA) is 107 Å². The predicted molar refractivity (Wildman–Crippen MR) is 93.0 cm³/mol. The molecule has 4 aliphatic rings. The lowest BCUT2D eigenvalue weighted by atomic mass is 9.55. The number of aliphatic hydroxyl groups is 4. The number of esters is 1. The molecule has 1 saturated heterocycles. The first-order chi connectivity index (χ1) is 11.8. The highest BCUT2D eigenvalue weighted by atomic mass is 16.6. The van der Waals surface area contributed by atoms with E-state index in [1.165, 1.54) is 0 Å². The molecule has 4 rings (SSSR count). The lowest BCUT2D eigenvalue weighted by Crippen LogP contribution is -2.77. The summed E-state index contributed by atoms with van der Waals surface area (Å²) in [6, 6.07) is 0. The van der Waals surface area contributed by atoms with Gasteiger partial charge in [0.15, 0.2) is 5.60 Å². The summed E-state index contributed by atoms with van der Waals surface area (Å²) in [7, 11) is 0. The van der Waals surface area contributed by atoms with Crippen molar-refractivity contribution < 1.29 is 30.0 Å². The van der Waals surface area contributed by atoms with Crippen LogP contribution in [-0.2, 0) is 9.53 Å². The van der Waals surface area contributed by atoms with E-state index in [-0.39, 0.29) is 31.1 Å². The van der Waals surface area contributed by atoms with Crippen LogP contribution in [0.25, 0.3) is 0 Å². The number of ether oxygens (including phenoxy) is 1. The smallest absolute Gasteiger partial charge is 0.307 e. The molecule has 0 aromatic heterocycles. The van der Waals surface area contributed by atoms with Gasteiger partial charge >= 0.3 is 5.97 Å². The van der Waals surface area contributed by atoms with Gasteiger partial charge in [-0.2, -0.15) is 0 Å². The fourth-order valence-electron chi connectivity index (χ4n) is 6.88. The first-order valence-electron chi connectivity index (χ1n) is 9.61. The predicted octanol–water partition coefficient (Wildman–Crippen LogP) is 1.05. The molecule has 6 nitrogen and oxygen atoms in total. The van der Waals surface area contributed by atoms with Gasteiger partial charge in [-0.05, 0) is 37.2 Å². The van der Waals surface area contributed by atoms with Gasteiger partial charge in [-0.3, -0.25) is 4.79 Å². The quantitative estimate of drug-likeness (QED) is 0.408. The minimum atomic E-state index is -2.02. The lowest BCUT2D eigenvalue weighted by molar-refractivity contribution is -0.307. The molecular formula is C20H30O6. The Kier molecular flexibility index (Phi) is 3.34. The number of fused-ring (bicyclic) bond motifs is 2. The van der Waals surface area contributed by atoms with Crippen molar-refractivity contribution in [2.45, 2.75) is 88.8 Å². The highest BCUT2D eigenvalue weighted by Gasteiger charge is 2.94. The van der Waals surface area contributed by atoms with E-state index < -0.39 is 39.9 Å². The number of hydrogen-bond acceptors (Lipinski definition) is 6. The second-order valence-corrected chi connectivity index (χ2v) is 9.59. The fraction of sp³-hybridized carbons (Fsp3) is 0.850. The molecule has 2 bridgehead atoms. The third kappa shape index (κ3) is 1.41. The fourth-order valence-corrected chi connectivity index (χ4v) is 6.88. The second-order valence-electron chi connectivity index (χ2n) is 9.59. The van der Waals surface area contributed by atoms with Crippen molar-refractivity contribution in [1.29, 1.82) is 0 Å². The van der Waals surface area contributed by atoms with Crippen molar-refractivity contribution >= 4 is 5.97 Å². The number of rotatable bonds is 1. The third-order valence-electron chi connectivity index (χ3n) is 8.43. The normalized spacial score (nSPS) is 55.8. The first kappa shape index (κ1) is 18.4. The van der Waals surface area contributed by atoms with Crippen molar-refractivity contribution in [3.63, 3.8) is 0 Å². The molecule has 2 saturated carbocycles. The van der Waals surface area contributed by atoms with Crippen LogP contribution >= 0.6 is 0 Å². The van der Waals surface area contributed by atoms with Crippen LogP contribution in [0, 0.1) is 17.3 Å². The summed E-state index contributed by atoms with van der Waals surface area (Å²) in [5.74, 6) is -0.801. The highest BCUT2D eigenvalue weighted by Crippen LogP contribution is 2.77. The van der Waals surface area contributed by atoms with E-state index in [0.29, 0.717) is 12.0 Å². The number of carbonyl (C=O) groups excluding carboxylic acids is 1. The van der Waals surface area contributed by atoms with E-state index in [2.05, 4.69) is 0 Å². The van der Waals surface area contributed by atoms with Crippen molar-refractivity contribution in [3.05, 3.63) is 11.1 Å². The minimum Gasteiger partial charge on any atom is -0.450 e. The van der Waals surface area contributed by atoms with Gasteiger partial charge in [0.25, 0.3) is 0 Å². The molecule has 0 amide bonds. The number of carbonyl (C=O) groups is 1. The Bertz CT molecular complexity index is 730. The molecule has 0 aromatic rings. The standard InChI is InChI=1S/C20H30O6/c1-10(2)13-8-18(24)16(5)9-14(21)26-20(19(18,25)12(13)4)15(22)11(3)6-7-17(16,20)23/h10-11,15,22-25H,6-9H2,1-5H3/t11-,15+,16?,17-,18+,19+,20-/m0/s1. The number of aliphatic hydroxyl groups excluding tert-OH is 1. The monoisotopic (exact) mass is 366 g/mol. The zero-order chi connectivity index (χ0) is 19.5. The maximum Gasteiger partial charge on any atom is 0.307 e. The SMILES string of the molecule is CC1=C(C(C)C)C[C@@]2(O)C3(C)CC(=O)O[C@]4([C@H](O)[C@@H](C)CC[C@]34O)[C@@]12O. The average molecular weight is 366 g/mol. The molecule has 1 heterocycles. The van der Waals surface area contributed by atoms with E-state index in [9.17, 15) is 25.2 Å². The van der Waals surface area contributed by atoms with Crippen molar-refractivity contribution in [2.24, 2.45) is 17.3 Å². The molecule has 0 aromatic carbocycles. The zero-order valence-electron chi connectivity index (χ0n) is 16.2. The van der Waals surface area contributed by atoms with E-state index in [4.69, 9.17) is 4.74 Å². The van der Waals surface area contributed by atoms with E-state index >= 15 is 0 Å². The summed E-state index contributed by atoms with van der Waals surface area (Å²) in [6.07, 6.45) is -0.525. The largest absolute Gasteiger partial charge is 0.450 e. The van der Waals surface area contributed by atoms with Crippen molar-refractivity contribution in [3.8, 4) is 0 Å². The Hall–Kier alpha value is -0.950. The highest BCUT2D eigenvalue weighted by molar-refractivity contribution is 5.77. The van der Waals surface area contributed by atoms with Crippen LogP contribution in [0.5, 0.6) is 0 Å². The summed E-state index contributed by atoms with van der Waals surface area (Å²) < 4.78 is 5.72. The van der Waals surface area contributed by atoms with Crippen LogP contribution in [0.3, 0.4) is 0 Å². The van der Waals surface area contributed by atoms with Gasteiger partial charge in [-0.1, -0.05) is 33.3 Å². The molecular weight excluding hydrogens is 336 g/mol. The number of hydrogen-bond donors (Lipinski definition) is 4. The molecule has 0 radical (unpaired) electrons. The Morgan fingerprint density at radius 1 is 1.15 bits per heavy atom. The summed E-state index contributed by atoms with van der Waals surface area (Å²) in [5.41, 5.74) is -7.38. The summed E-state index contributed by atoms with van der Waals surface area (Å²) in [5, 5.41) is 47.0. The molecule has 6 heteroatoms. The van der Waals surface area contributed by atoms with Crippen LogP contribution in [0.15, 0.2) is 11.1 Å². The van der Waals surface area contributed by atoms with Crippen LogP contribution < -0.4 is 0 Å². The van der Waals surface area contributed by atoms with Crippen molar-refractivity contribution in [2.75, 3.05) is 0 Å². The van der Waals surface area contributed by atoms with Crippen LogP contribution in [0.2, 0.25) is 0 Å². The molecule has 26 heavy (non-hydrogen) atoms. The summed E-state index contributed by atoms with van der Waals surface area (Å²) in [6.45, 7) is 9.18. The van der Waals surface area contributed by atoms with E-state index in [0.717, 1.165) is 5.57 Å². The Labute approximate surface area is 153 Å². The molecule has 4 N–H and O–H groups in total. The Morgan fingerprint density at radius 3 is 2.35 bits per heavy atom. The van der Waals surface area contributed by atoms with E-state index in [1.54, 1.807) is 13.8 Å². The molecule has 3 fully saturated rings. The zero-order valence-corrected chi connectivity index (χ0v) is 16.2. The van der Waals surface area contributed by atoms with Gasteiger partial charge < -0.3 is 25.2 Å². The molecule has 7 atom stereocenters. The molecule has 1 unspecified atom stereocenters. The van der Waals surface area contributed by atoms with Crippen LogP contribution in [-0.4, -0.2) is 54.9 Å². The lowest BCUT2D eigenvalue weighted by Gasteiger charge is -2.59. The van der Waals surface area contributed by atoms with Crippen LogP contribution in [0.4, 0.5) is 0 Å². The minimum absolute atomic E-state index is 0.0799. The summed E-state index contributed by atoms with van der Waals surface area (Å²) in [4.78, 5) is 12.5. The van der Waals surface area contributed by atoms with Crippen molar-refractivity contribution in [1.82, 2.24) is 0 Å². The second kappa shape index (κ2) is 4.72. The van der Waals surface area contributed by atoms with Crippen LogP contribution in [0.1, 0.15) is 60.3 Å². The summed E-state index contributed by atoms with van der Waals surface area (Å²) >= 11 is 0. The molecule has 146 valence electrons. The van der Waals surface area contributed by atoms with Gasteiger partial charge in [0.1, 0.15) is 17.3 Å². The van der Waals surface area contributed by atoms with Gasteiger partial charge in [-0.25, -0.2) is 0 Å². The molecule has 0 spiro atoms. The molecule has 1 aliphatic heterocycles. The van der Waals surface area contributed by atoms with Gasteiger partial charge in [0, 0.05) is 11.8 Å².